The van der Waals surface area contributed by atoms with E-state index in [0.717, 1.165) is 25.7 Å². The first-order chi connectivity index (χ1) is 11.5. The molecule has 7 heteroatoms. The highest BCUT2D eigenvalue weighted by Crippen LogP contribution is 2.40. The molecule has 2 fully saturated rings. The van der Waals surface area contributed by atoms with Gasteiger partial charge in [0.05, 0.1) is 17.0 Å². The molecule has 1 saturated carbocycles. The molecular weight excluding hydrogens is 385 g/mol. The maximum atomic E-state index is 12.8. The lowest BCUT2D eigenvalue weighted by molar-refractivity contribution is -0.124. The lowest BCUT2D eigenvalue weighted by Gasteiger charge is -2.29. The third-order valence-corrected chi connectivity index (χ3v) is 6.12. The fourth-order valence-electron chi connectivity index (χ4n) is 3.18. The van der Waals surface area contributed by atoms with E-state index in [2.05, 4.69) is 0 Å². The Bertz CT molecular complexity index is 715. The summed E-state index contributed by atoms with van der Waals surface area (Å²) in [5.41, 5.74) is 0.680. The molecule has 0 atom stereocenters. The van der Waals surface area contributed by atoms with E-state index in [9.17, 15) is 4.79 Å². The van der Waals surface area contributed by atoms with Crippen molar-refractivity contribution in [2.75, 3.05) is 7.11 Å². The number of amides is 1. The molecule has 0 unspecified atom stereocenters. The van der Waals surface area contributed by atoms with E-state index in [1.54, 1.807) is 30.2 Å². The molecule has 0 spiro atoms. The zero-order valence-electron chi connectivity index (χ0n) is 13.2. The molecule has 1 saturated heterocycles. The summed E-state index contributed by atoms with van der Waals surface area (Å²) in [7, 11) is 1.54. The van der Waals surface area contributed by atoms with Crippen LogP contribution >= 0.6 is 47.2 Å². The van der Waals surface area contributed by atoms with Crippen molar-refractivity contribution in [3.05, 3.63) is 32.6 Å². The normalized spacial score (nSPS) is 21.0. The van der Waals surface area contributed by atoms with Crippen LogP contribution in [0.5, 0.6) is 5.75 Å². The van der Waals surface area contributed by atoms with Gasteiger partial charge in [-0.1, -0.05) is 66.4 Å². The van der Waals surface area contributed by atoms with Crippen LogP contribution in [0.4, 0.5) is 0 Å². The molecule has 2 aliphatic rings. The van der Waals surface area contributed by atoms with Crippen LogP contribution in [0.15, 0.2) is 17.0 Å². The van der Waals surface area contributed by atoms with Gasteiger partial charge in [-0.05, 0) is 31.1 Å². The second kappa shape index (κ2) is 7.65. The Morgan fingerprint density at radius 1 is 1.29 bits per heavy atom. The van der Waals surface area contributed by atoms with E-state index in [-0.39, 0.29) is 11.9 Å². The Morgan fingerprint density at radius 3 is 2.67 bits per heavy atom. The van der Waals surface area contributed by atoms with Crippen molar-refractivity contribution in [2.24, 2.45) is 0 Å². The van der Waals surface area contributed by atoms with Crippen LogP contribution in [-0.2, 0) is 4.79 Å². The topological polar surface area (TPSA) is 29.5 Å². The van der Waals surface area contributed by atoms with Crippen LogP contribution in [0, 0.1) is 0 Å². The summed E-state index contributed by atoms with van der Waals surface area (Å²) in [6.07, 6.45) is 7.34. The molecule has 0 bridgehead atoms. The zero-order valence-corrected chi connectivity index (χ0v) is 16.3. The van der Waals surface area contributed by atoms with Gasteiger partial charge in [-0.25, -0.2) is 0 Å². The number of hydrogen-bond donors (Lipinski definition) is 0. The van der Waals surface area contributed by atoms with Gasteiger partial charge in [0.2, 0.25) is 0 Å². The largest absolute Gasteiger partial charge is 0.495 e. The van der Waals surface area contributed by atoms with E-state index < -0.39 is 0 Å². The maximum Gasteiger partial charge on any atom is 0.266 e. The van der Waals surface area contributed by atoms with Crippen LogP contribution < -0.4 is 4.74 Å². The van der Waals surface area contributed by atoms with Gasteiger partial charge in [0.15, 0.2) is 0 Å². The fourth-order valence-corrected chi connectivity index (χ4v) is 5.16. The van der Waals surface area contributed by atoms with Crippen molar-refractivity contribution >= 4 is 63.5 Å². The minimum atomic E-state index is -0.0324. The SMILES string of the molecule is COc1c(Cl)cc(Cl)cc1/C=C1/SC(=S)N(C2CCCCC2)C1=O. The number of ether oxygens (including phenoxy) is 1. The van der Waals surface area contributed by atoms with Gasteiger partial charge in [-0.2, -0.15) is 0 Å². The molecular formula is C17H17Cl2NO2S2. The lowest BCUT2D eigenvalue weighted by atomic mass is 9.94. The van der Waals surface area contributed by atoms with Crippen molar-refractivity contribution in [3.8, 4) is 5.75 Å². The Kier molecular flexibility index (Phi) is 5.75. The first-order valence-electron chi connectivity index (χ1n) is 7.81. The van der Waals surface area contributed by atoms with E-state index in [0.29, 0.717) is 30.6 Å². The Morgan fingerprint density at radius 2 is 2.00 bits per heavy atom. The highest BCUT2D eigenvalue weighted by Gasteiger charge is 2.37. The van der Waals surface area contributed by atoms with Crippen LogP contribution in [0.2, 0.25) is 10.0 Å². The molecule has 1 aromatic rings. The van der Waals surface area contributed by atoms with Gasteiger partial charge in [-0.3, -0.25) is 9.69 Å². The second-order valence-electron chi connectivity index (χ2n) is 5.85. The summed E-state index contributed by atoms with van der Waals surface area (Å²) in [5.74, 6) is 0.471. The van der Waals surface area contributed by atoms with Crippen molar-refractivity contribution in [1.29, 1.82) is 0 Å². The van der Waals surface area contributed by atoms with Gasteiger partial charge < -0.3 is 4.74 Å². The molecule has 0 radical (unpaired) electrons. The zero-order chi connectivity index (χ0) is 17.3. The number of thiocarbonyl (C=S) groups is 1. The number of halogens is 2. The lowest BCUT2D eigenvalue weighted by Crippen LogP contribution is -2.39. The number of carbonyl (C=O) groups is 1. The van der Waals surface area contributed by atoms with Gasteiger partial charge >= 0.3 is 0 Å². The number of hydrogen-bond acceptors (Lipinski definition) is 4. The van der Waals surface area contributed by atoms with Crippen LogP contribution in [-0.4, -0.2) is 28.3 Å². The number of methoxy groups -OCH3 is 1. The maximum absolute atomic E-state index is 12.8. The predicted molar refractivity (Wildman–Crippen MR) is 105 cm³/mol. The number of nitrogens with zero attached hydrogens (tertiary/aromatic N) is 1. The van der Waals surface area contributed by atoms with Crippen LogP contribution in [0.1, 0.15) is 37.7 Å². The number of rotatable bonds is 3. The average molecular weight is 402 g/mol. The van der Waals surface area contributed by atoms with Crippen LogP contribution in [0.25, 0.3) is 6.08 Å². The summed E-state index contributed by atoms with van der Waals surface area (Å²) in [4.78, 5) is 15.2. The van der Waals surface area contributed by atoms with Gasteiger partial charge in [0, 0.05) is 16.6 Å². The molecule has 0 aromatic heterocycles. The van der Waals surface area contributed by atoms with Crippen molar-refractivity contribution in [3.63, 3.8) is 0 Å². The van der Waals surface area contributed by atoms with Crippen LogP contribution in [0.3, 0.4) is 0 Å². The van der Waals surface area contributed by atoms with E-state index >= 15 is 0 Å². The summed E-state index contributed by atoms with van der Waals surface area (Å²) in [5, 5.41) is 0.911. The summed E-state index contributed by atoms with van der Waals surface area (Å²) >= 11 is 19.0. The molecule has 3 rings (SSSR count). The third-order valence-electron chi connectivity index (χ3n) is 4.29. The minimum Gasteiger partial charge on any atom is -0.495 e. The predicted octanol–water partition coefficient (Wildman–Crippen LogP) is 5.54. The number of benzene rings is 1. The smallest absolute Gasteiger partial charge is 0.266 e. The molecule has 0 N–H and O–H groups in total. The van der Waals surface area contributed by atoms with E-state index in [1.807, 2.05) is 0 Å². The summed E-state index contributed by atoms with van der Waals surface area (Å²) in [6, 6.07) is 3.58. The van der Waals surface area contributed by atoms with Gasteiger partial charge in [0.25, 0.3) is 5.91 Å². The molecule has 1 aliphatic heterocycles. The first kappa shape index (κ1) is 18.1. The van der Waals surface area contributed by atoms with Crippen molar-refractivity contribution < 1.29 is 9.53 Å². The van der Waals surface area contributed by atoms with E-state index in [4.69, 9.17) is 40.2 Å². The molecule has 24 heavy (non-hydrogen) atoms. The van der Waals surface area contributed by atoms with E-state index in [1.165, 1.54) is 18.2 Å². The molecule has 1 amide bonds. The molecule has 3 nitrogen and oxygen atoms in total. The monoisotopic (exact) mass is 401 g/mol. The van der Waals surface area contributed by atoms with Gasteiger partial charge in [-0.15, -0.1) is 0 Å². The summed E-state index contributed by atoms with van der Waals surface area (Å²) < 4.78 is 5.97. The standard InChI is InChI=1S/C17H17Cl2NO2S2/c1-22-15-10(7-11(18)9-13(15)19)8-14-16(21)20(17(23)24-14)12-5-3-2-4-6-12/h7-9,12H,2-6H2,1H3/b14-8+. The molecule has 1 aliphatic carbocycles. The quantitative estimate of drug-likeness (QED) is 0.491. The summed E-state index contributed by atoms with van der Waals surface area (Å²) in [6.45, 7) is 0. The Labute approximate surface area is 161 Å². The number of thioether (sulfide) groups is 1. The molecule has 1 heterocycles. The molecule has 1 aromatic carbocycles. The van der Waals surface area contributed by atoms with Gasteiger partial charge in [0.1, 0.15) is 10.1 Å². The third kappa shape index (κ3) is 3.59. The Balaban J connectivity index is 1.92. The molecule has 128 valence electrons. The van der Waals surface area contributed by atoms with Crippen molar-refractivity contribution in [2.45, 2.75) is 38.1 Å². The minimum absolute atomic E-state index is 0.0324. The second-order valence-corrected chi connectivity index (χ2v) is 8.37. The highest BCUT2D eigenvalue weighted by atomic mass is 35.5. The van der Waals surface area contributed by atoms with Crippen molar-refractivity contribution in [1.82, 2.24) is 4.90 Å². The number of carbonyl (C=O) groups excluding carboxylic acids is 1. The average Bonchev–Trinajstić information content (AvgIpc) is 2.82. The highest BCUT2D eigenvalue weighted by molar-refractivity contribution is 8.26. The fraction of sp³-hybridized carbons (Fsp3) is 0.412. The first-order valence-corrected chi connectivity index (χ1v) is 9.79. The Hall–Kier alpha value is -0.750.